The fourth-order valence-corrected chi connectivity index (χ4v) is 3.82. The number of alkyl halides is 3. The smallest absolute Gasteiger partial charge is 0.416 e. The minimum absolute atomic E-state index is 0.0607. The van der Waals surface area contributed by atoms with Crippen molar-refractivity contribution in [3.8, 4) is 0 Å². The molecule has 0 bridgehead atoms. The topological polar surface area (TPSA) is 55.4 Å². The Morgan fingerprint density at radius 2 is 1.17 bits per heavy atom. The molecule has 4 nitrogen and oxygen atoms in total. The lowest BCUT2D eigenvalue weighted by molar-refractivity contribution is -0.155. The van der Waals surface area contributed by atoms with Gasteiger partial charge in [-0.05, 0) is 29.3 Å². The monoisotopic (exact) mass is 489 g/mol. The Kier molecular flexibility index (Phi) is 7.49. The highest BCUT2D eigenvalue weighted by atomic mass is 19.4. The average molecular weight is 489 g/mol. The molecule has 1 unspecified atom stereocenters. The van der Waals surface area contributed by atoms with Crippen molar-refractivity contribution in [2.24, 2.45) is 0 Å². The summed E-state index contributed by atoms with van der Waals surface area (Å²) in [7, 11) is 0. The molecule has 0 aliphatic carbocycles. The maximum Gasteiger partial charge on any atom is 0.416 e. The minimum atomic E-state index is -4.56. The quantitative estimate of drug-likeness (QED) is 0.292. The van der Waals surface area contributed by atoms with Crippen LogP contribution in [0.3, 0.4) is 0 Å². The van der Waals surface area contributed by atoms with Gasteiger partial charge in [0.25, 0.3) is 5.91 Å². The molecule has 1 amide bonds. The molecule has 0 fully saturated rings. The van der Waals surface area contributed by atoms with Crippen molar-refractivity contribution in [1.29, 1.82) is 0 Å². The summed E-state index contributed by atoms with van der Waals surface area (Å²) in [5, 5.41) is 2.46. The highest BCUT2D eigenvalue weighted by Gasteiger charge is 2.33. The summed E-state index contributed by atoms with van der Waals surface area (Å²) < 4.78 is 45.2. The van der Waals surface area contributed by atoms with E-state index in [1.54, 1.807) is 78.9 Å². The van der Waals surface area contributed by atoms with Crippen LogP contribution >= 0.6 is 0 Å². The number of hydrogen-bond acceptors (Lipinski definition) is 3. The third kappa shape index (κ3) is 5.99. The second-order valence-electron chi connectivity index (χ2n) is 8.05. The Morgan fingerprint density at radius 1 is 0.667 bits per heavy atom. The summed E-state index contributed by atoms with van der Waals surface area (Å²) in [4.78, 5) is 26.8. The molecule has 1 atom stereocenters. The Bertz CT molecular complexity index is 1270. The zero-order valence-electron chi connectivity index (χ0n) is 19.0. The van der Waals surface area contributed by atoms with E-state index in [1.165, 1.54) is 12.1 Å². The standard InChI is InChI=1S/C29H22F3NO3/c30-29(31,32)23-17-10-18-24(19-23)33-27(34)26(22-15-8-3-9-16-22)36-28(35)25(20-11-4-1-5-12-20)21-13-6-2-7-14-21/h1-19,25-26H,(H,33,34). The van der Waals surface area contributed by atoms with Gasteiger partial charge in [0.2, 0.25) is 6.10 Å². The SMILES string of the molecule is O=C(Nc1cccc(C(F)(F)F)c1)C(OC(=O)C(c1ccccc1)c1ccccc1)c1ccccc1. The van der Waals surface area contributed by atoms with Crippen LogP contribution in [0.2, 0.25) is 0 Å². The van der Waals surface area contributed by atoms with Crippen molar-refractivity contribution in [2.75, 3.05) is 5.32 Å². The molecule has 4 aromatic carbocycles. The number of rotatable bonds is 7. The second kappa shape index (κ2) is 10.9. The van der Waals surface area contributed by atoms with Crippen molar-refractivity contribution in [3.05, 3.63) is 138 Å². The number of nitrogens with one attached hydrogen (secondary N) is 1. The fourth-order valence-electron chi connectivity index (χ4n) is 3.82. The summed E-state index contributed by atoms with van der Waals surface area (Å²) in [5.74, 6) is -2.24. The van der Waals surface area contributed by atoms with Gasteiger partial charge in [0.15, 0.2) is 0 Å². The maximum atomic E-state index is 13.5. The first-order chi connectivity index (χ1) is 17.3. The van der Waals surface area contributed by atoms with Crippen molar-refractivity contribution in [1.82, 2.24) is 0 Å². The van der Waals surface area contributed by atoms with Crippen LogP contribution in [-0.2, 0) is 20.5 Å². The number of anilines is 1. The van der Waals surface area contributed by atoms with Gasteiger partial charge in [-0.15, -0.1) is 0 Å². The zero-order chi connectivity index (χ0) is 25.5. The summed E-state index contributed by atoms with van der Waals surface area (Å²) in [5.41, 5.74) is 0.782. The van der Waals surface area contributed by atoms with Crippen LogP contribution in [0.5, 0.6) is 0 Å². The van der Waals surface area contributed by atoms with E-state index in [1.807, 2.05) is 12.1 Å². The lowest BCUT2D eigenvalue weighted by Crippen LogP contribution is -2.28. The molecule has 7 heteroatoms. The molecule has 0 aliphatic rings. The molecule has 4 rings (SSSR count). The molecule has 182 valence electrons. The Labute approximate surface area is 206 Å². The van der Waals surface area contributed by atoms with E-state index in [0.717, 1.165) is 12.1 Å². The number of benzene rings is 4. The van der Waals surface area contributed by atoms with E-state index in [0.29, 0.717) is 16.7 Å². The molecule has 0 spiro atoms. The molecule has 1 N–H and O–H groups in total. The Balaban J connectivity index is 1.65. The molecule has 0 radical (unpaired) electrons. The van der Waals surface area contributed by atoms with E-state index in [2.05, 4.69) is 5.32 Å². The van der Waals surface area contributed by atoms with Gasteiger partial charge in [0.1, 0.15) is 5.92 Å². The van der Waals surface area contributed by atoms with Gasteiger partial charge in [0, 0.05) is 11.3 Å². The number of halogens is 3. The second-order valence-corrected chi connectivity index (χ2v) is 8.05. The normalized spacial score (nSPS) is 12.1. The third-order valence-corrected chi connectivity index (χ3v) is 5.53. The number of carbonyl (C=O) groups is 2. The van der Waals surface area contributed by atoms with Gasteiger partial charge in [-0.25, -0.2) is 0 Å². The van der Waals surface area contributed by atoms with Gasteiger partial charge in [-0.1, -0.05) is 97.1 Å². The van der Waals surface area contributed by atoms with Crippen molar-refractivity contribution in [3.63, 3.8) is 0 Å². The molecular weight excluding hydrogens is 467 g/mol. The van der Waals surface area contributed by atoms with E-state index in [9.17, 15) is 22.8 Å². The highest BCUT2D eigenvalue weighted by molar-refractivity contribution is 5.97. The van der Waals surface area contributed by atoms with Crippen LogP contribution < -0.4 is 5.32 Å². The summed E-state index contributed by atoms with van der Waals surface area (Å²) in [6, 6.07) is 30.6. The molecule has 36 heavy (non-hydrogen) atoms. The van der Waals surface area contributed by atoms with E-state index in [-0.39, 0.29) is 5.69 Å². The molecule has 0 aromatic heterocycles. The van der Waals surface area contributed by atoms with Crippen LogP contribution in [-0.4, -0.2) is 11.9 Å². The van der Waals surface area contributed by atoms with Crippen LogP contribution in [0, 0.1) is 0 Å². The zero-order valence-corrected chi connectivity index (χ0v) is 19.0. The number of ether oxygens (including phenoxy) is 1. The third-order valence-electron chi connectivity index (χ3n) is 5.53. The summed E-state index contributed by atoms with van der Waals surface area (Å²) >= 11 is 0. The largest absolute Gasteiger partial charge is 0.447 e. The van der Waals surface area contributed by atoms with Crippen LogP contribution in [0.25, 0.3) is 0 Å². The number of esters is 1. The van der Waals surface area contributed by atoms with Gasteiger partial charge in [-0.2, -0.15) is 13.2 Å². The van der Waals surface area contributed by atoms with Gasteiger partial charge >= 0.3 is 12.1 Å². The van der Waals surface area contributed by atoms with Crippen LogP contribution in [0.4, 0.5) is 18.9 Å². The summed E-state index contributed by atoms with van der Waals surface area (Å²) in [6.07, 6.45) is -5.95. The molecule has 0 heterocycles. The fraction of sp³-hybridized carbons (Fsp3) is 0.103. The van der Waals surface area contributed by atoms with E-state index < -0.39 is 35.6 Å². The van der Waals surface area contributed by atoms with Gasteiger partial charge in [-0.3, -0.25) is 9.59 Å². The lowest BCUT2D eigenvalue weighted by Gasteiger charge is -2.23. The van der Waals surface area contributed by atoms with E-state index in [4.69, 9.17) is 4.74 Å². The predicted molar refractivity (Wildman–Crippen MR) is 130 cm³/mol. The first-order valence-electron chi connectivity index (χ1n) is 11.2. The maximum absolute atomic E-state index is 13.5. The van der Waals surface area contributed by atoms with Crippen molar-refractivity contribution < 1.29 is 27.5 Å². The van der Waals surface area contributed by atoms with Crippen molar-refractivity contribution >= 4 is 17.6 Å². The molecular formula is C29H22F3NO3. The number of amides is 1. The molecule has 0 saturated heterocycles. The summed E-state index contributed by atoms with van der Waals surface area (Å²) in [6.45, 7) is 0. The first kappa shape index (κ1) is 24.7. The molecule has 4 aromatic rings. The van der Waals surface area contributed by atoms with Crippen molar-refractivity contribution in [2.45, 2.75) is 18.2 Å². The number of carbonyl (C=O) groups excluding carboxylic acids is 2. The van der Waals surface area contributed by atoms with Crippen LogP contribution in [0.15, 0.2) is 115 Å². The Hall–Kier alpha value is -4.39. The Morgan fingerprint density at radius 3 is 1.67 bits per heavy atom. The number of hydrogen-bond donors (Lipinski definition) is 1. The predicted octanol–water partition coefficient (Wildman–Crippen LogP) is 6.76. The van der Waals surface area contributed by atoms with Gasteiger partial charge in [0.05, 0.1) is 5.56 Å². The minimum Gasteiger partial charge on any atom is -0.447 e. The average Bonchev–Trinajstić information content (AvgIpc) is 2.89. The molecule has 0 saturated carbocycles. The van der Waals surface area contributed by atoms with Gasteiger partial charge < -0.3 is 10.1 Å². The van der Waals surface area contributed by atoms with E-state index >= 15 is 0 Å². The molecule has 0 aliphatic heterocycles. The van der Waals surface area contributed by atoms with Crippen LogP contribution in [0.1, 0.15) is 34.3 Å². The highest BCUT2D eigenvalue weighted by Crippen LogP contribution is 2.32. The lowest BCUT2D eigenvalue weighted by atomic mass is 9.91. The first-order valence-corrected chi connectivity index (χ1v) is 11.2.